The molecule has 6 nitrogen and oxygen atoms in total. The van der Waals surface area contributed by atoms with E-state index in [1.165, 1.54) is 36.4 Å². The molecule has 2 aliphatic rings. The van der Waals surface area contributed by atoms with Gasteiger partial charge in [-0.05, 0) is 38.6 Å². The van der Waals surface area contributed by atoms with Gasteiger partial charge in [-0.3, -0.25) is 4.90 Å². The zero-order valence-electron chi connectivity index (χ0n) is 14.2. The van der Waals surface area contributed by atoms with Gasteiger partial charge in [0.2, 0.25) is 5.89 Å². The quantitative estimate of drug-likeness (QED) is 0.831. The molecule has 0 radical (unpaired) electrons. The van der Waals surface area contributed by atoms with Crippen molar-refractivity contribution in [2.75, 3.05) is 13.1 Å². The van der Waals surface area contributed by atoms with Gasteiger partial charge in [-0.1, -0.05) is 12.1 Å². The lowest BCUT2D eigenvalue weighted by Gasteiger charge is -2.32. The summed E-state index contributed by atoms with van der Waals surface area (Å²) in [7, 11) is 0. The van der Waals surface area contributed by atoms with Crippen LogP contribution >= 0.6 is 11.3 Å². The molecule has 0 aromatic carbocycles. The summed E-state index contributed by atoms with van der Waals surface area (Å²) in [6, 6.07) is 0.514. The van der Waals surface area contributed by atoms with E-state index in [-0.39, 0.29) is 0 Å². The Morgan fingerprint density at radius 1 is 1.33 bits per heavy atom. The number of aryl methyl sites for hydroxylation is 1. The van der Waals surface area contributed by atoms with Crippen LogP contribution in [0.2, 0.25) is 0 Å². The number of hydrogen-bond acceptors (Lipinski definition) is 7. The molecule has 3 heterocycles. The van der Waals surface area contributed by atoms with Crippen molar-refractivity contribution in [1.82, 2.24) is 25.3 Å². The standard InChI is InChI=1S/C17H25N5OS/c1-2-16-19-14(11-24-16)8-18-13-4-3-7-22(9-13)10-15-20-17(23-21-15)12-5-6-12/h11-13,18H,2-10H2,1H3/t13-/m1/s1. The highest BCUT2D eigenvalue weighted by Gasteiger charge is 2.30. The zero-order chi connectivity index (χ0) is 16.4. The predicted octanol–water partition coefficient (Wildman–Crippen LogP) is 2.72. The first-order valence-electron chi connectivity index (χ1n) is 9.01. The Balaban J connectivity index is 1.26. The average molecular weight is 347 g/mol. The van der Waals surface area contributed by atoms with Crippen molar-refractivity contribution in [3.05, 3.63) is 27.8 Å². The largest absolute Gasteiger partial charge is 0.339 e. The van der Waals surface area contributed by atoms with Crippen molar-refractivity contribution < 1.29 is 4.52 Å². The first-order valence-corrected chi connectivity index (χ1v) is 9.89. The van der Waals surface area contributed by atoms with E-state index in [0.717, 1.165) is 44.3 Å². The lowest BCUT2D eigenvalue weighted by atomic mass is 10.1. The Hall–Kier alpha value is -1.31. The Bertz CT molecular complexity index is 665. The van der Waals surface area contributed by atoms with Gasteiger partial charge in [0, 0.05) is 30.4 Å². The molecule has 0 unspecified atom stereocenters. The molecule has 4 rings (SSSR count). The highest BCUT2D eigenvalue weighted by atomic mass is 32.1. The molecule has 1 atom stereocenters. The molecule has 7 heteroatoms. The predicted molar refractivity (Wildman–Crippen MR) is 92.9 cm³/mol. The minimum atomic E-state index is 0.514. The fourth-order valence-corrected chi connectivity index (χ4v) is 3.98. The van der Waals surface area contributed by atoms with Crippen LogP contribution in [0.4, 0.5) is 0 Å². The van der Waals surface area contributed by atoms with Crippen molar-refractivity contribution in [1.29, 1.82) is 0 Å². The maximum Gasteiger partial charge on any atom is 0.229 e. The summed E-state index contributed by atoms with van der Waals surface area (Å²) in [4.78, 5) is 11.6. The molecular formula is C17H25N5OS. The number of nitrogens with zero attached hydrogens (tertiary/aromatic N) is 4. The van der Waals surface area contributed by atoms with Crippen LogP contribution in [0.25, 0.3) is 0 Å². The van der Waals surface area contributed by atoms with Crippen LogP contribution in [-0.2, 0) is 19.5 Å². The Labute approximate surface area is 146 Å². The number of likely N-dealkylation sites (tertiary alicyclic amines) is 1. The Morgan fingerprint density at radius 2 is 2.25 bits per heavy atom. The van der Waals surface area contributed by atoms with E-state index in [9.17, 15) is 0 Å². The zero-order valence-corrected chi connectivity index (χ0v) is 15.0. The molecule has 1 N–H and O–H groups in total. The van der Waals surface area contributed by atoms with Gasteiger partial charge in [-0.25, -0.2) is 4.98 Å². The molecule has 24 heavy (non-hydrogen) atoms. The summed E-state index contributed by atoms with van der Waals surface area (Å²) < 4.78 is 5.36. The fraction of sp³-hybridized carbons (Fsp3) is 0.706. The van der Waals surface area contributed by atoms with Crippen LogP contribution in [-0.4, -0.2) is 39.2 Å². The van der Waals surface area contributed by atoms with Crippen molar-refractivity contribution in [3.63, 3.8) is 0 Å². The average Bonchev–Trinajstić information content (AvgIpc) is 3.17. The minimum absolute atomic E-state index is 0.514. The van der Waals surface area contributed by atoms with Crippen LogP contribution in [0.15, 0.2) is 9.90 Å². The molecular weight excluding hydrogens is 322 g/mol. The fourth-order valence-electron chi connectivity index (χ4n) is 3.23. The van der Waals surface area contributed by atoms with Gasteiger partial charge in [0.1, 0.15) is 0 Å². The summed E-state index contributed by atoms with van der Waals surface area (Å²) in [6.45, 7) is 5.97. The number of nitrogens with one attached hydrogen (secondary N) is 1. The van der Waals surface area contributed by atoms with Gasteiger partial charge >= 0.3 is 0 Å². The number of aromatic nitrogens is 3. The van der Waals surface area contributed by atoms with Gasteiger partial charge in [0.25, 0.3) is 0 Å². The Kier molecular flexibility index (Phi) is 4.91. The second kappa shape index (κ2) is 7.29. The number of hydrogen-bond donors (Lipinski definition) is 1. The van der Waals surface area contributed by atoms with Gasteiger partial charge in [0.15, 0.2) is 5.82 Å². The summed E-state index contributed by atoms with van der Waals surface area (Å²) >= 11 is 1.76. The number of thiazole rings is 1. The molecule has 1 aliphatic heterocycles. The van der Waals surface area contributed by atoms with Crippen LogP contribution in [0.5, 0.6) is 0 Å². The molecule has 1 saturated carbocycles. The molecule has 2 aromatic rings. The first-order chi connectivity index (χ1) is 11.8. The third-order valence-electron chi connectivity index (χ3n) is 4.75. The maximum absolute atomic E-state index is 5.36. The topological polar surface area (TPSA) is 67.1 Å². The van der Waals surface area contributed by atoms with Gasteiger partial charge in [-0.2, -0.15) is 4.98 Å². The van der Waals surface area contributed by atoms with Gasteiger partial charge in [0.05, 0.1) is 17.2 Å². The van der Waals surface area contributed by atoms with E-state index < -0.39 is 0 Å². The number of rotatable bonds is 7. The summed E-state index contributed by atoms with van der Waals surface area (Å²) in [6.07, 6.45) is 5.86. The second-order valence-corrected chi connectivity index (χ2v) is 7.81. The normalized spacial score (nSPS) is 22.1. The minimum Gasteiger partial charge on any atom is -0.339 e. The highest BCUT2D eigenvalue weighted by molar-refractivity contribution is 7.09. The van der Waals surface area contributed by atoms with E-state index in [1.807, 2.05) is 0 Å². The molecule has 0 bridgehead atoms. The summed E-state index contributed by atoms with van der Waals surface area (Å²) in [5.41, 5.74) is 1.17. The van der Waals surface area contributed by atoms with Crippen molar-refractivity contribution in [3.8, 4) is 0 Å². The second-order valence-electron chi connectivity index (χ2n) is 6.86. The van der Waals surface area contributed by atoms with Gasteiger partial charge in [-0.15, -0.1) is 11.3 Å². The molecule has 2 aromatic heterocycles. The van der Waals surface area contributed by atoms with Crippen LogP contribution in [0, 0.1) is 0 Å². The van der Waals surface area contributed by atoms with Crippen LogP contribution in [0.3, 0.4) is 0 Å². The highest BCUT2D eigenvalue weighted by Crippen LogP contribution is 2.38. The van der Waals surface area contributed by atoms with E-state index in [1.54, 1.807) is 11.3 Å². The van der Waals surface area contributed by atoms with E-state index in [4.69, 9.17) is 4.52 Å². The first kappa shape index (κ1) is 16.2. The van der Waals surface area contributed by atoms with Crippen LogP contribution in [0.1, 0.15) is 60.9 Å². The maximum atomic E-state index is 5.36. The van der Waals surface area contributed by atoms with E-state index in [2.05, 4.69) is 37.6 Å². The molecule has 0 amide bonds. The lowest BCUT2D eigenvalue weighted by molar-refractivity contribution is 0.177. The number of piperidine rings is 1. The van der Waals surface area contributed by atoms with E-state index in [0.29, 0.717) is 12.0 Å². The van der Waals surface area contributed by atoms with Crippen molar-refractivity contribution in [2.24, 2.45) is 0 Å². The Morgan fingerprint density at radius 3 is 3.04 bits per heavy atom. The molecule has 130 valence electrons. The summed E-state index contributed by atoms with van der Waals surface area (Å²) in [5, 5.41) is 11.2. The smallest absolute Gasteiger partial charge is 0.229 e. The molecule has 2 fully saturated rings. The van der Waals surface area contributed by atoms with Crippen molar-refractivity contribution >= 4 is 11.3 Å². The van der Waals surface area contributed by atoms with Crippen LogP contribution < -0.4 is 5.32 Å². The monoisotopic (exact) mass is 347 g/mol. The van der Waals surface area contributed by atoms with Crippen molar-refractivity contribution in [2.45, 2.75) is 64.1 Å². The third kappa shape index (κ3) is 4.02. The lowest BCUT2D eigenvalue weighted by Crippen LogP contribution is -2.45. The van der Waals surface area contributed by atoms with Gasteiger partial charge < -0.3 is 9.84 Å². The summed E-state index contributed by atoms with van der Waals surface area (Å²) in [5.74, 6) is 2.21. The SMILES string of the molecule is CCc1nc(CN[C@@H]2CCCN(Cc3noc(C4CC4)n3)C2)cs1. The molecule has 1 aliphatic carbocycles. The molecule has 1 saturated heterocycles. The third-order valence-corrected chi connectivity index (χ3v) is 5.80. The molecule has 0 spiro atoms. The van der Waals surface area contributed by atoms with E-state index >= 15 is 0 Å².